The van der Waals surface area contributed by atoms with Crippen molar-refractivity contribution >= 4 is 17.4 Å². The molecule has 1 amide bonds. The molecule has 1 unspecified atom stereocenters. The number of amides is 1. The predicted molar refractivity (Wildman–Crippen MR) is 72.7 cm³/mol. The van der Waals surface area contributed by atoms with Crippen molar-refractivity contribution in [2.24, 2.45) is 7.05 Å². The van der Waals surface area contributed by atoms with Crippen molar-refractivity contribution in [3.05, 3.63) is 15.8 Å². The van der Waals surface area contributed by atoms with E-state index in [1.165, 1.54) is 4.68 Å². The summed E-state index contributed by atoms with van der Waals surface area (Å²) in [4.78, 5) is 24.5. The monoisotopic (exact) mass is 282 g/mol. The first-order valence-corrected chi connectivity index (χ1v) is 6.34. The zero-order valence-corrected chi connectivity index (χ0v) is 11.7. The van der Waals surface area contributed by atoms with Gasteiger partial charge in [-0.25, -0.2) is 4.68 Å². The van der Waals surface area contributed by atoms with Crippen LogP contribution in [-0.2, 0) is 11.8 Å². The van der Waals surface area contributed by atoms with Gasteiger partial charge in [0.25, 0.3) is 0 Å². The van der Waals surface area contributed by atoms with E-state index < -0.39 is 11.0 Å². The van der Waals surface area contributed by atoms with Crippen LogP contribution in [0.25, 0.3) is 0 Å². The van der Waals surface area contributed by atoms with E-state index in [0.717, 1.165) is 0 Å². The van der Waals surface area contributed by atoms with Crippen LogP contribution in [-0.4, -0.2) is 53.3 Å². The van der Waals surface area contributed by atoms with Crippen LogP contribution in [0.2, 0.25) is 0 Å². The molecule has 1 aromatic heterocycles. The fourth-order valence-corrected chi connectivity index (χ4v) is 2.53. The summed E-state index contributed by atoms with van der Waals surface area (Å²) >= 11 is 0. The second-order valence-electron chi connectivity index (χ2n) is 4.67. The molecule has 1 atom stereocenters. The highest BCUT2D eigenvalue weighted by atomic mass is 16.6. The summed E-state index contributed by atoms with van der Waals surface area (Å²) in [7, 11) is 3.20. The van der Waals surface area contributed by atoms with Crippen LogP contribution in [0.3, 0.4) is 0 Å². The fourth-order valence-electron chi connectivity index (χ4n) is 2.53. The summed E-state index contributed by atoms with van der Waals surface area (Å²) < 4.78 is 1.47. The number of aryl methyl sites for hydroxylation is 2. The summed E-state index contributed by atoms with van der Waals surface area (Å²) in [5.41, 5.74) is 0.310. The van der Waals surface area contributed by atoms with Crippen molar-refractivity contribution in [2.45, 2.75) is 13.0 Å². The van der Waals surface area contributed by atoms with E-state index in [9.17, 15) is 14.9 Å². The Morgan fingerprint density at radius 2 is 2.30 bits per heavy atom. The van der Waals surface area contributed by atoms with E-state index in [0.29, 0.717) is 31.1 Å². The number of nitrogens with one attached hydrogen (secondary N) is 2. The molecule has 1 fully saturated rings. The molecular formula is C11H18N6O3. The van der Waals surface area contributed by atoms with Crippen molar-refractivity contribution < 1.29 is 9.72 Å². The lowest BCUT2D eigenvalue weighted by Gasteiger charge is -2.35. The normalized spacial score (nSPS) is 18.9. The lowest BCUT2D eigenvalue weighted by molar-refractivity contribution is -0.384. The Kier molecular flexibility index (Phi) is 3.89. The molecule has 110 valence electrons. The number of carbonyl (C=O) groups excluding carboxylic acids is 1. The van der Waals surface area contributed by atoms with Crippen LogP contribution >= 0.6 is 0 Å². The summed E-state index contributed by atoms with van der Waals surface area (Å²) in [5.74, 6) is 0.202. The third-order valence-electron chi connectivity index (χ3n) is 3.41. The Hall–Kier alpha value is -2.16. The second kappa shape index (κ2) is 5.45. The van der Waals surface area contributed by atoms with Crippen LogP contribution in [0.1, 0.15) is 5.69 Å². The fraction of sp³-hybridized carbons (Fsp3) is 0.636. The first-order valence-electron chi connectivity index (χ1n) is 6.34. The molecular weight excluding hydrogens is 264 g/mol. The molecule has 1 aliphatic heterocycles. The molecule has 2 heterocycles. The minimum Gasteiger partial charge on any atom is -0.357 e. The number of nitrogens with zero attached hydrogens (tertiary/aromatic N) is 4. The Morgan fingerprint density at radius 3 is 2.90 bits per heavy atom. The molecule has 1 saturated heterocycles. The molecule has 0 aromatic carbocycles. The Morgan fingerprint density at radius 1 is 1.60 bits per heavy atom. The van der Waals surface area contributed by atoms with Gasteiger partial charge in [-0.15, -0.1) is 0 Å². The quantitative estimate of drug-likeness (QED) is 0.553. The molecule has 1 aliphatic rings. The molecule has 0 radical (unpaired) electrons. The summed E-state index contributed by atoms with van der Waals surface area (Å²) in [6, 6.07) is -0.484. The molecule has 9 heteroatoms. The molecule has 2 rings (SSSR count). The van der Waals surface area contributed by atoms with Crippen LogP contribution in [0.4, 0.5) is 11.5 Å². The van der Waals surface area contributed by atoms with Crippen molar-refractivity contribution in [3.8, 4) is 0 Å². The Balaban J connectivity index is 2.47. The molecule has 2 N–H and O–H groups in total. The van der Waals surface area contributed by atoms with Crippen molar-refractivity contribution in [1.29, 1.82) is 0 Å². The van der Waals surface area contributed by atoms with Crippen molar-refractivity contribution in [1.82, 2.24) is 20.4 Å². The molecule has 1 aromatic rings. The summed E-state index contributed by atoms with van der Waals surface area (Å²) in [6.07, 6.45) is 0. The number of anilines is 1. The van der Waals surface area contributed by atoms with E-state index in [2.05, 4.69) is 15.7 Å². The predicted octanol–water partition coefficient (Wildman–Crippen LogP) is -0.839. The SMILES string of the molecule is CNC(=O)C1CNCCN1c1c([N+](=O)[O-])c(C)nn1C. The standard InChI is InChI=1S/C11H18N6O3/c1-7-9(17(19)20)11(15(3)14-7)16-5-4-13-6-8(16)10(18)12-2/h8,13H,4-6H2,1-3H3,(H,12,18). The number of carbonyl (C=O) groups is 1. The Labute approximate surface area is 116 Å². The van der Waals surface area contributed by atoms with E-state index in [1.807, 2.05) is 0 Å². The van der Waals surface area contributed by atoms with E-state index in [4.69, 9.17) is 0 Å². The third-order valence-corrected chi connectivity index (χ3v) is 3.41. The number of piperazine rings is 1. The topological polar surface area (TPSA) is 105 Å². The van der Waals surface area contributed by atoms with Gasteiger partial charge in [-0.05, 0) is 6.92 Å². The molecule has 0 saturated carbocycles. The molecule has 20 heavy (non-hydrogen) atoms. The molecule has 0 bridgehead atoms. The maximum atomic E-state index is 12.0. The van der Waals surface area contributed by atoms with Gasteiger partial charge in [0.15, 0.2) is 0 Å². The highest BCUT2D eigenvalue weighted by Gasteiger charge is 2.36. The van der Waals surface area contributed by atoms with Gasteiger partial charge in [0.1, 0.15) is 11.7 Å². The van der Waals surface area contributed by atoms with Crippen LogP contribution in [0.15, 0.2) is 0 Å². The van der Waals surface area contributed by atoms with Gasteiger partial charge in [0.05, 0.1) is 4.92 Å². The summed E-state index contributed by atoms with van der Waals surface area (Å²) in [5, 5.41) is 21.1. The molecule has 9 nitrogen and oxygen atoms in total. The number of rotatable bonds is 3. The molecule has 0 spiro atoms. The van der Waals surface area contributed by atoms with Gasteiger partial charge in [0.2, 0.25) is 11.7 Å². The lowest BCUT2D eigenvalue weighted by atomic mass is 10.1. The summed E-state index contributed by atoms with van der Waals surface area (Å²) in [6.45, 7) is 3.21. The first kappa shape index (κ1) is 14.3. The van der Waals surface area contributed by atoms with Crippen LogP contribution in [0, 0.1) is 17.0 Å². The van der Waals surface area contributed by atoms with Crippen LogP contribution < -0.4 is 15.5 Å². The average molecular weight is 282 g/mol. The van der Waals surface area contributed by atoms with Gasteiger partial charge >= 0.3 is 5.69 Å². The molecule has 0 aliphatic carbocycles. The third kappa shape index (κ3) is 2.31. The van der Waals surface area contributed by atoms with Gasteiger partial charge in [-0.2, -0.15) is 5.10 Å². The minimum atomic E-state index is -0.484. The van der Waals surface area contributed by atoms with Crippen molar-refractivity contribution in [3.63, 3.8) is 0 Å². The number of aromatic nitrogens is 2. The van der Waals surface area contributed by atoms with E-state index >= 15 is 0 Å². The number of hydrogen-bond acceptors (Lipinski definition) is 6. The number of hydrogen-bond donors (Lipinski definition) is 2. The Bertz CT molecular complexity index is 541. The zero-order valence-electron chi connectivity index (χ0n) is 11.7. The largest absolute Gasteiger partial charge is 0.357 e. The van der Waals surface area contributed by atoms with Gasteiger partial charge < -0.3 is 15.5 Å². The zero-order chi connectivity index (χ0) is 14.9. The second-order valence-corrected chi connectivity index (χ2v) is 4.67. The number of likely N-dealkylation sites (N-methyl/N-ethyl adjacent to an activating group) is 1. The van der Waals surface area contributed by atoms with Crippen molar-refractivity contribution in [2.75, 3.05) is 31.6 Å². The van der Waals surface area contributed by atoms with Gasteiger partial charge in [-0.1, -0.05) is 0 Å². The number of nitro groups is 1. The average Bonchev–Trinajstić information content (AvgIpc) is 2.72. The maximum absolute atomic E-state index is 12.0. The first-order chi connectivity index (χ1) is 9.47. The highest BCUT2D eigenvalue weighted by Crippen LogP contribution is 2.32. The van der Waals surface area contributed by atoms with E-state index in [-0.39, 0.29) is 11.6 Å². The highest BCUT2D eigenvalue weighted by molar-refractivity contribution is 5.86. The smallest absolute Gasteiger partial charge is 0.333 e. The van der Waals surface area contributed by atoms with E-state index in [1.54, 1.807) is 25.9 Å². The maximum Gasteiger partial charge on any atom is 0.333 e. The van der Waals surface area contributed by atoms with Gasteiger partial charge in [0, 0.05) is 33.7 Å². The lowest BCUT2D eigenvalue weighted by Crippen LogP contribution is -2.58. The minimum absolute atomic E-state index is 0.0386. The van der Waals surface area contributed by atoms with Gasteiger partial charge in [-0.3, -0.25) is 14.9 Å². The van der Waals surface area contributed by atoms with Crippen LogP contribution in [0.5, 0.6) is 0 Å².